The Morgan fingerprint density at radius 3 is 2.81 bits per heavy atom. The first-order valence-corrected chi connectivity index (χ1v) is 5.69. The second-order valence-electron chi connectivity index (χ2n) is 4.14. The number of esters is 1. The van der Waals surface area contributed by atoms with Gasteiger partial charge in [-0.3, -0.25) is 14.5 Å². The lowest BCUT2D eigenvalue weighted by molar-refractivity contribution is -0.150. The summed E-state index contributed by atoms with van der Waals surface area (Å²) >= 11 is 0. The minimum atomic E-state index is -0.825. The molecule has 0 saturated carbocycles. The fraction of sp³-hybridized carbons (Fsp3) is 0.818. The molecule has 0 aliphatic carbocycles. The number of aliphatic carboxylic acids is 1. The third-order valence-electron chi connectivity index (χ3n) is 2.85. The van der Waals surface area contributed by atoms with Gasteiger partial charge in [0.05, 0.1) is 12.5 Å². The van der Waals surface area contributed by atoms with Crippen molar-refractivity contribution in [3.63, 3.8) is 0 Å². The molecule has 16 heavy (non-hydrogen) atoms. The Hall–Kier alpha value is -1.10. The molecule has 2 atom stereocenters. The molecule has 0 aromatic carbocycles. The third kappa shape index (κ3) is 3.20. The molecular weight excluding hydrogens is 210 g/mol. The van der Waals surface area contributed by atoms with Gasteiger partial charge in [-0.1, -0.05) is 6.92 Å². The molecule has 0 amide bonds. The molecule has 0 aromatic rings. The molecule has 1 aliphatic rings. The maximum Gasteiger partial charge on any atom is 0.323 e. The van der Waals surface area contributed by atoms with Crippen molar-refractivity contribution in [1.29, 1.82) is 0 Å². The van der Waals surface area contributed by atoms with Gasteiger partial charge in [0.15, 0.2) is 0 Å². The SMILES string of the molecule is CCOC(=O)C1CCCN1CC(C)C(=O)O. The van der Waals surface area contributed by atoms with Crippen LogP contribution in [0.3, 0.4) is 0 Å². The number of carbonyl (C=O) groups excluding carboxylic acids is 1. The highest BCUT2D eigenvalue weighted by Gasteiger charge is 2.33. The lowest BCUT2D eigenvalue weighted by Gasteiger charge is -2.24. The molecule has 1 aliphatic heterocycles. The van der Waals surface area contributed by atoms with E-state index in [2.05, 4.69) is 0 Å². The van der Waals surface area contributed by atoms with Crippen molar-refractivity contribution in [2.45, 2.75) is 32.7 Å². The number of ether oxygens (including phenoxy) is 1. The molecule has 1 saturated heterocycles. The van der Waals surface area contributed by atoms with Crippen LogP contribution in [0.25, 0.3) is 0 Å². The maximum atomic E-state index is 11.6. The number of likely N-dealkylation sites (tertiary alicyclic amines) is 1. The summed E-state index contributed by atoms with van der Waals surface area (Å²) in [7, 11) is 0. The van der Waals surface area contributed by atoms with Crippen LogP contribution in [0.5, 0.6) is 0 Å². The third-order valence-corrected chi connectivity index (χ3v) is 2.85. The summed E-state index contributed by atoms with van der Waals surface area (Å²) < 4.78 is 4.97. The van der Waals surface area contributed by atoms with Crippen LogP contribution < -0.4 is 0 Å². The Morgan fingerprint density at radius 1 is 1.56 bits per heavy atom. The van der Waals surface area contributed by atoms with Crippen molar-refractivity contribution in [2.24, 2.45) is 5.92 Å². The number of hydrogen-bond acceptors (Lipinski definition) is 4. The second kappa shape index (κ2) is 5.84. The van der Waals surface area contributed by atoms with E-state index in [1.807, 2.05) is 4.90 Å². The lowest BCUT2D eigenvalue weighted by Crippen LogP contribution is -2.41. The molecule has 92 valence electrons. The van der Waals surface area contributed by atoms with Crippen LogP contribution >= 0.6 is 0 Å². The molecule has 0 bridgehead atoms. The summed E-state index contributed by atoms with van der Waals surface area (Å²) in [5, 5.41) is 8.83. The zero-order chi connectivity index (χ0) is 12.1. The first kappa shape index (κ1) is 13.0. The summed E-state index contributed by atoms with van der Waals surface area (Å²) in [4.78, 5) is 24.3. The molecule has 1 rings (SSSR count). The molecular formula is C11H19NO4. The van der Waals surface area contributed by atoms with Crippen molar-refractivity contribution in [2.75, 3.05) is 19.7 Å². The average molecular weight is 229 g/mol. The van der Waals surface area contributed by atoms with Gasteiger partial charge < -0.3 is 9.84 Å². The Balaban J connectivity index is 2.52. The molecule has 5 heteroatoms. The highest BCUT2D eigenvalue weighted by atomic mass is 16.5. The topological polar surface area (TPSA) is 66.8 Å². The van der Waals surface area contributed by atoms with E-state index >= 15 is 0 Å². The fourth-order valence-electron chi connectivity index (χ4n) is 1.98. The monoisotopic (exact) mass is 229 g/mol. The number of rotatable bonds is 5. The van der Waals surface area contributed by atoms with Gasteiger partial charge >= 0.3 is 11.9 Å². The van der Waals surface area contributed by atoms with Crippen molar-refractivity contribution in [1.82, 2.24) is 4.90 Å². The van der Waals surface area contributed by atoms with E-state index in [9.17, 15) is 9.59 Å². The van der Waals surface area contributed by atoms with Gasteiger partial charge in [0, 0.05) is 6.54 Å². The number of carbonyl (C=O) groups is 2. The summed E-state index contributed by atoms with van der Waals surface area (Å²) in [5.74, 6) is -1.50. The Labute approximate surface area is 95.4 Å². The van der Waals surface area contributed by atoms with Crippen molar-refractivity contribution in [3.05, 3.63) is 0 Å². The molecule has 0 radical (unpaired) electrons. The first-order valence-electron chi connectivity index (χ1n) is 5.69. The molecule has 1 N–H and O–H groups in total. The van der Waals surface area contributed by atoms with E-state index in [1.165, 1.54) is 0 Å². The molecule has 2 unspecified atom stereocenters. The van der Waals surface area contributed by atoms with Crippen LogP contribution in [-0.2, 0) is 14.3 Å². The normalized spacial score (nSPS) is 23.0. The highest BCUT2D eigenvalue weighted by Crippen LogP contribution is 2.19. The molecule has 0 aromatic heterocycles. The number of carboxylic acids is 1. The lowest BCUT2D eigenvalue weighted by atomic mass is 10.1. The van der Waals surface area contributed by atoms with E-state index in [-0.39, 0.29) is 12.0 Å². The quantitative estimate of drug-likeness (QED) is 0.704. The fourth-order valence-corrected chi connectivity index (χ4v) is 1.98. The number of nitrogens with zero attached hydrogens (tertiary/aromatic N) is 1. The van der Waals surface area contributed by atoms with Crippen LogP contribution in [-0.4, -0.2) is 47.7 Å². The molecule has 5 nitrogen and oxygen atoms in total. The molecule has 1 heterocycles. The Morgan fingerprint density at radius 2 is 2.25 bits per heavy atom. The largest absolute Gasteiger partial charge is 0.481 e. The van der Waals surface area contributed by atoms with Gasteiger partial charge in [0.2, 0.25) is 0 Å². The van der Waals surface area contributed by atoms with Crippen molar-refractivity contribution < 1.29 is 19.4 Å². The van der Waals surface area contributed by atoms with E-state index in [1.54, 1.807) is 13.8 Å². The summed E-state index contributed by atoms with van der Waals surface area (Å²) in [5.41, 5.74) is 0. The average Bonchev–Trinajstić information content (AvgIpc) is 2.66. The van der Waals surface area contributed by atoms with Crippen LogP contribution in [0.1, 0.15) is 26.7 Å². The van der Waals surface area contributed by atoms with E-state index in [0.717, 1.165) is 19.4 Å². The second-order valence-corrected chi connectivity index (χ2v) is 4.14. The van der Waals surface area contributed by atoms with Crippen LogP contribution in [0, 0.1) is 5.92 Å². The predicted molar refractivity (Wildman–Crippen MR) is 58.0 cm³/mol. The highest BCUT2D eigenvalue weighted by molar-refractivity contribution is 5.76. The minimum absolute atomic E-state index is 0.224. The van der Waals surface area contributed by atoms with Crippen LogP contribution in [0.15, 0.2) is 0 Å². The van der Waals surface area contributed by atoms with Gasteiger partial charge in [0.1, 0.15) is 6.04 Å². The first-order chi connectivity index (χ1) is 7.56. The van der Waals surface area contributed by atoms with E-state index in [4.69, 9.17) is 9.84 Å². The summed E-state index contributed by atoms with van der Waals surface area (Å²) in [6.45, 7) is 5.00. The van der Waals surface area contributed by atoms with Crippen molar-refractivity contribution in [3.8, 4) is 0 Å². The number of hydrogen-bond donors (Lipinski definition) is 1. The minimum Gasteiger partial charge on any atom is -0.481 e. The smallest absolute Gasteiger partial charge is 0.323 e. The van der Waals surface area contributed by atoms with Crippen LogP contribution in [0.2, 0.25) is 0 Å². The van der Waals surface area contributed by atoms with Gasteiger partial charge in [-0.05, 0) is 26.3 Å². The van der Waals surface area contributed by atoms with Crippen molar-refractivity contribution >= 4 is 11.9 Å². The Kier molecular flexibility index (Phi) is 4.73. The summed E-state index contributed by atoms with van der Waals surface area (Å²) in [6, 6.07) is -0.248. The van der Waals surface area contributed by atoms with E-state index in [0.29, 0.717) is 13.2 Å². The van der Waals surface area contributed by atoms with E-state index < -0.39 is 11.9 Å². The van der Waals surface area contributed by atoms with Gasteiger partial charge in [0.25, 0.3) is 0 Å². The zero-order valence-corrected chi connectivity index (χ0v) is 9.81. The molecule has 1 fully saturated rings. The molecule has 0 spiro atoms. The number of carboxylic acid groups (broad SMARTS) is 1. The predicted octanol–water partition coefficient (Wildman–Crippen LogP) is 0.735. The van der Waals surface area contributed by atoms with Crippen LogP contribution in [0.4, 0.5) is 0 Å². The Bertz CT molecular complexity index is 267. The maximum absolute atomic E-state index is 11.6. The van der Waals surface area contributed by atoms with Gasteiger partial charge in [-0.15, -0.1) is 0 Å². The van der Waals surface area contributed by atoms with Gasteiger partial charge in [-0.25, -0.2) is 0 Å². The van der Waals surface area contributed by atoms with Gasteiger partial charge in [-0.2, -0.15) is 0 Å². The standard InChI is InChI=1S/C11H19NO4/c1-3-16-11(15)9-5-4-6-12(9)7-8(2)10(13)14/h8-9H,3-7H2,1-2H3,(H,13,14). The summed E-state index contributed by atoms with van der Waals surface area (Å²) in [6.07, 6.45) is 1.70. The zero-order valence-electron chi connectivity index (χ0n) is 9.81.